The normalized spacial score (nSPS) is 13.5. The molecule has 0 aromatic heterocycles. The van der Waals surface area contributed by atoms with Crippen LogP contribution in [0, 0.1) is 0 Å². The molecule has 0 amide bonds. The summed E-state index contributed by atoms with van der Waals surface area (Å²) in [6.07, 6.45) is 0.751. The van der Waals surface area contributed by atoms with Crippen molar-refractivity contribution in [2.45, 2.75) is 18.8 Å². The van der Waals surface area contributed by atoms with Gasteiger partial charge in [0, 0.05) is 5.41 Å². The van der Waals surface area contributed by atoms with Crippen LogP contribution in [0.4, 0.5) is 0 Å². The van der Waals surface area contributed by atoms with Gasteiger partial charge < -0.3 is 14.6 Å². The summed E-state index contributed by atoms with van der Waals surface area (Å²) in [5.74, 6) is 1.65. The monoisotopic (exact) mass is 286 g/mol. The summed E-state index contributed by atoms with van der Waals surface area (Å²) in [5.41, 5.74) is 1.89. The molecule has 2 aromatic carbocycles. The number of ether oxygens (including phenoxy) is 2. The van der Waals surface area contributed by atoms with E-state index in [4.69, 9.17) is 9.47 Å². The van der Waals surface area contributed by atoms with Crippen LogP contribution in [0.15, 0.2) is 48.5 Å². The predicted molar refractivity (Wildman–Crippen MR) is 84.1 cm³/mol. The molecule has 3 heteroatoms. The van der Waals surface area contributed by atoms with Gasteiger partial charge in [-0.1, -0.05) is 31.2 Å². The maximum absolute atomic E-state index is 9.90. The minimum Gasteiger partial charge on any atom is -0.497 e. The van der Waals surface area contributed by atoms with E-state index >= 15 is 0 Å². The molecule has 21 heavy (non-hydrogen) atoms. The number of aliphatic hydroxyl groups excluding tert-OH is 1. The van der Waals surface area contributed by atoms with E-state index in [0.29, 0.717) is 0 Å². The SMILES string of the molecule is COc1ccc(CC(C)(CO)c2cccc(OC)c2)cc1. The zero-order valence-corrected chi connectivity index (χ0v) is 12.8. The first-order valence-corrected chi connectivity index (χ1v) is 6.99. The number of rotatable bonds is 6. The van der Waals surface area contributed by atoms with Crippen molar-refractivity contribution in [2.24, 2.45) is 0 Å². The Balaban J connectivity index is 2.26. The van der Waals surface area contributed by atoms with Gasteiger partial charge in [0.15, 0.2) is 0 Å². The lowest BCUT2D eigenvalue weighted by Gasteiger charge is -2.28. The summed E-state index contributed by atoms with van der Waals surface area (Å²) < 4.78 is 10.5. The van der Waals surface area contributed by atoms with E-state index in [1.165, 1.54) is 0 Å². The third-order valence-electron chi connectivity index (χ3n) is 3.87. The highest BCUT2D eigenvalue weighted by molar-refractivity contribution is 5.36. The molecule has 3 nitrogen and oxygen atoms in total. The van der Waals surface area contributed by atoms with Crippen LogP contribution in [0.1, 0.15) is 18.1 Å². The van der Waals surface area contributed by atoms with E-state index in [-0.39, 0.29) is 12.0 Å². The van der Waals surface area contributed by atoms with E-state index in [2.05, 4.69) is 6.92 Å². The lowest BCUT2D eigenvalue weighted by molar-refractivity contribution is 0.204. The van der Waals surface area contributed by atoms with Crippen molar-refractivity contribution in [1.82, 2.24) is 0 Å². The van der Waals surface area contributed by atoms with Gasteiger partial charge in [-0.2, -0.15) is 0 Å². The number of hydrogen-bond acceptors (Lipinski definition) is 3. The smallest absolute Gasteiger partial charge is 0.119 e. The fraction of sp³-hybridized carbons (Fsp3) is 0.333. The molecule has 112 valence electrons. The van der Waals surface area contributed by atoms with Gasteiger partial charge in [-0.25, -0.2) is 0 Å². The van der Waals surface area contributed by atoms with Gasteiger partial charge in [0.25, 0.3) is 0 Å². The van der Waals surface area contributed by atoms with E-state index < -0.39 is 0 Å². The Labute approximate surface area is 126 Å². The van der Waals surface area contributed by atoms with Gasteiger partial charge in [-0.15, -0.1) is 0 Å². The molecule has 0 saturated carbocycles. The van der Waals surface area contributed by atoms with Crippen LogP contribution in [0.2, 0.25) is 0 Å². The predicted octanol–water partition coefficient (Wildman–Crippen LogP) is 3.20. The van der Waals surface area contributed by atoms with Crippen molar-refractivity contribution in [3.8, 4) is 11.5 Å². The van der Waals surface area contributed by atoms with Crippen LogP contribution in [-0.4, -0.2) is 25.9 Å². The number of hydrogen-bond donors (Lipinski definition) is 1. The molecule has 0 radical (unpaired) electrons. The summed E-state index contributed by atoms with van der Waals surface area (Å²) in [7, 11) is 3.31. The minimum atomic E-state index is -0.344. The van der Waals surface area contributed by atoms with E-state index in [1.54, 1.807) is 14.2 Å². The summed E-state index contributed by atoms with van der Waals surface area (Å²) in [6.45, 7) is 2.14. The molecule has 1 unspecified atom stereocenters. The van der Waals surface area contributed by atoms with E-state index in [0.717, 1.165) is 29.0 Å². The van der Waals surface area contributed by atoms with E-state index in [1.807, 2.05) is 48.5 Å². The van der Waals surface area contributed by atoms with E-state index in [9.17, 15) is 5.11 Å². The van der Waals surface area contributed by atoms with Gasteiger partial charge >= 0.3 is 0 Å². The standard InChI is InChI=1S/C18H22O3/c1-18(13-19,15-5-4-6-17(11-15)21-3)12-14-7-9-16(20-2)10-8-14/h4-11,19H,12-13H2,1-3H3. The van der Waals surface area contributed by atoms with Gasteiger partial charge in [-0.3, -0.25) is 0 Å². The van der Waals surface area contributed by atoms with Gasteiger partial charge in [0.05, 0.1) is 20.8 Å². The molecule has 0 spiro atoms. The fourth-order valence-electron chi connectivity index (χ4n) is 2.44. The molecule has 1 atom stereocenters. The number of aliphatic hydroxyl groups is 1. The lowest BCUT2D eigenvalue weighted by atomic mass is 9.78. The highest BCUT2D eigenvalue weighted by Crippen LogP contribution is 2.30. The third-order valence-corrected chi connectivity index (χ3v) is 3.87. The highest BCUT2D eigenvalue weighted by atomic mass is 16.5. The summed E-state index contributed by atoms with van der Waals surface area (Å²) in [5, 5.41) is 9.90. The fourth-order valence-corrected chi connectivity index (χ4v) is 2.44. The zero-order chi connectivity index (χ0) is 15.3. The highest BCUT2D eigenvalue weighted by Gasteiger charge is 2.26. The molecule has 0 bridgehead atoms. The molecule has 2 rings (SSSR count). The molecular formula is C18H22O3. The Hall–Kier alpha value is -2.00. The Morgan fingerprint density at radius 1 is 0.952 bits per heavy atom. The van der Waals surface area contributed by atoms with Crippen molar-refractivity contribution >= 4 is 0 Å². The summed E-state index contributed by atoms with van der Waals surface area (Å²) in [6, 6.07) is 15.8. The van der Waals surface area contributed by atoms with Crippen LogP contribution in [-0.2, 0) is 11.8 Å². The minimum absolute atomic E-state index is 0.0756. The topological polar surface area (TPSA) is 38.7 Å². The van der Waals surface area contributed by atoms with Gasteiger partial charge in [0.2, 0.25) is 0 Å². The van der Waals surface area contributed by atoms with Crippen LogP contribution >= 0.6 is 0 Å². The summed E-state index contributed by atoms with van der Waals surface area (Å²) >= 11 is 0. The molecule has 0 fully saturated rings. The van der Waals surface area contributed by atoms with Gasteiger partial charge in [-0.05, 0) is 41.8 Å². The Kier molecular flexibility index (Phi) is 4.86. The second-order valence-electron chi connectivity index (χ2n) is 5.48. The molecule has 0 aliphatic rings. The molecule has 0 aliphatic carbocycles. The third kappa shape index (κ3) is 3.56. The second kappa shape index (κ2) is 6.64. The largest absolute Gasteiger partial charge is 0.497 e. The maximum Gasteiger partial charge on any atom is 0.119 e. The Morgan fingerprint density at radius 2 is 1.62 bits per heavy atom. The van der Waals surface area contributed by atoms with Crippen molar-refractivity contribution in [2.75, 3.05) is 20.8 Å². The van der Waals surface area contributed by atoms with Crippen molar-refractivity contribution in [3.63, 3.8) is 0 Å². The van der Waals surface area contributed by atoms with Crippen molar-refractivity contribution in [3.05, 3.63) is 59.7 Å². The molecule has 0 saturated heterocycles. The molecular weight excluding hydrogens is 264 g/mol. The first-order chi connectivity index (χ1) is 10.1. The van der Waals surface area contributed by atoms with Gasteiger partial charge in [0.1, 0.15) is 11.5 Å². The average Bonchev–Trinajstić information content (AvgIpc) is 2.55. The van der Waals surface area contributed by atoms with Crippen LogP contribution in [0.25, 0.3) is 0 Å². The average molecular weight is 286 g/mol. The van der Waals surface area contributed by atoms with Crippen LogP contribution in [0.5, 0.6) is 11.5 Å². The molecule has 2 aromatic rings. The summed E-state index contributed by atoms with van der Waals surface area (Å²) in [4.78, 5) is 0. The Morgan fingerprint density at radius 3 is 2.19 bits per heavy atom. The van der Waals surface area contributed by atoms with Crippen molar-refractivity contribution in [1.29, 1.82) is 0 Å². The van der Waals surface area contributed by atoms with Crippen molar-refractivity contribution < 1.29 is 14.6 Å². The molecule has 1 N–H and O–H groups in total. The van der Waals surface area contributed by atoms with Crippen LogP contribution < -0.4 is 9.47 Å². The van der Waals surface area contributed by atoms with Crippen LogP contribution in [0.3, 0.4) is 0 Å². The number of methoxy groups -OCH3 is 2. The Bertz CT molecular complexity index is 577. The maximum atomic E-state index is 9.90. The first kappa shape index (κ1) is 15.4. The molecule has 0 heterocycles. The quantitative estimate of drug-likeness (QED) is 0.886. The zero-order valence-electron chi connectivity index (χ0n) is 12.8. The second-order valence-corrected chi connectivity index (χ2v) is 5.48. The molecule has 0 aliphatic heterocycles. The lowest BCUT2D eigenvalue weighted by Crippen LogP contribution is -2.29. The number of benzene rings is 2. The first-order valence-electron chi connectivity index (χ1n) is 6.99.